The lowest BCUT2D eigenvalue weighted by molar-refractivity contribution is -0.123. The molecule has 0 aliphatic heterocycles. The Morgan fingerprint density at radius 2 is 2.03 bits per heavy atom. The summed E-state index contributed by atoms with van der Waals surface area (Å²) in [7, 11) is 0. The topological polar surface area (TPSA) is 113 Å². The molecule has 2 fully saturated rings. The van der Waals surface area contributed by atoms with Gasteiger partial charge in [-0.2, -0.15) is 0 Å². The minimum atomic E-state index is -0.928. The van der Waals surface area contributed by atoms with Gasteiger partial charge in [-0.25, -0.2) is 9.37 Å². The number of fused-ring (bicyclic) bond motifs is 2. The molecule has 3 N–H and O–H groups in total. The molecule has 0 spiro atoms. The van der Waals surface area contributed by atoms with Gasteiger partial charge in [0, 0.05) is 30.3 Å². The van der Waals surface area contributed by atoms with Crippen molar-refractivity contribution in [3.63, 3.8) is 0 Å². The number of rotatable bonds is 7. The Kier molecular flexibility index (Phi) is 5.54. The predicted octanol–water partition coefficient (Wildman–Crippen LogP) is 2.62. The zero-order valence-corrected chi connectivity index (χ0v) is 18.4. The molecular weight excluding hydrogens is 451 g/mol. The minimum absolute atomic E-state index is 0.0352. The van der Waals surface area contributed by atoms with Crippen LogP contribution < -0.4 is 15.4 Å². The lowest BCUT2D eigenvalue weighted by atomic mass is 9.63. The van der Waals surface area contributed by atoms with E-state index in [2.05, 4.69) is 20.6 Å². The molecule has 10 heteroatoms. The van der Waals surface area contributed by atoms with Crippen molar-refractivity contribution >= 4 is 23.4 Å². The zero-order valence-electron chi connectivity index (χ0n) is 17.6. The van der Waals surface area contributed by atoms with E-state index >= 15 is 0 Å². The van der Waals surface area contributed by atoms with Crippen LogP contribution in [0.4, 0.5) is 4.39 Å². The van der Waals surface area contributed by atoms with E-state index in [9.17, 15) is 19.1 Å². The number of nitrogens with zero attached hydrogens (tertiary/aromatic N) is 2. The first-order valence-electron chi connectivity index (χ1n) is 10.7. The van der Waals surface area contributed by atoms with E-state index in [1.165, 1.54) is 18.3 Å². The molecule has 33 heavy (non-hydrogen) atoms. The fourth-order valence-electron chi connectivity index (χ4n) is 4.37. The second-order valence-corrected chi connectivity index (χ2v) is 9.25. The summed E-state index contributed by atoms with van der Waals surface area (Å²) >= 11 is 5.63. The molecule has 1 heterocycles. The van der Waals surface area contributed by atoms with Crippen molar-refractivity contribution in [2.45, 2.75) is 49.7 Å². The molecule has 8 nitrogen and oxygen atoms in total. The maximum absolute atomic E-state index is 13.5. The maximum atomic E-state index is 13.5. The molecule has 172 valence electrons. The molecule has 1 aromatic carbocycles. The van der Waals surface area contributed by atoms with Crippen LogP contribution in [0.2, 0.25) is 5.02 Å². The molecule has 1 atom stereocenters. The Bertz CT molecular complexity index is 1140. The van der Waals surface area contributed by atoms with Gasteiger partial charge >= 0.3 is 0 Å². The van der Waals surface area contributed by atoms with Gasteiger partial charge in [0.1, 0.15) is 17.3 Å². The molecule has 2 amide bonds. The summed E-state index contributed by atoms with van der Waals surface area (Å²) in [5.41, 5.74) is 1.91. The average molecular weight is 473 g/mol. The Morgan fingerprint density at radius 3 is 2.67 bits per heavy atom. The van der Waals surface area contributed by atoms with Gasteiger partial charge in [0.15, 0.2) is 6.61 Å². The van der Waals surface area contributed by atoms with E-state index in [-0.39, 0.29) is 35.4 Å². The van der Waals surface area contributed by atoms with Crippen LogP contribution in [0.25, 0.3) is 0 Å². The number of aliphatic hydroxyl groups is 1. The predicted molar refractivity (Wildman–Crippen MR) is 116 cm³/mol. The molecule has 4 aliphatic rings. The zero-order chi connectivity index (χ0) is 23.2. The number of ether oxygens (including phenoxy) is 1. The van der Waals surface area contributed by atoms with Crippen molar-refractivity contribution < 1.29 is 23.8 Å². The first-order valence-corrected chi connectivity index (χ1v) is 11.1. The van der Waals surface area contributed by atoms with Crippen molar-refractivity contribution in [2.24, 2.45) is 0 Å². The van der Waals surface area contributed by atoms with Gasteiger partial charge in [-0.05, 0) is 43.4 Å². The maximum Gasteiger partial charge on any atom is 0.271 e. The fraction of sp³-hybridized carbons (Fsp3) is 0.391. The standard InChI is InChI=1S/C23H22ClFN4O4/c24-15-4-3-14(5-16(15)25)33-11-20(31)28-21-13-6-23(7-13,8-19(21)30)29-22(32)18-10-26-17(9-27-18)12-1-2-12/h3-5,9-10,12,19,30H,1-2,6-8,11H2,(H,28,31)(H,29,32)/t19-/m0/s1. The quantitative estimate of drug-likeness (QED) is 0.571. The molecule has 0 radical (unpaired) electrons. The highest BCUT2D eigenvalue weighted by atomic mass is 35.5. The van der Waals surface area contributed by atoms with E-state index in [0.29, 0.717) is 24.5 Å². The summed E-state index contributed by atoms with van der Waals surface area (Å²) in [6, 6.07) is 3.90. The number of aromatic nitrogens is 2. The first-order chi connectivity index (χ1) is 15.8. The molecule has 2 saturated carbocycles. The molecule has 0 saturated heterocycles. The summed E-state index contributed by atoms with van der Waals surface area (Å²) in [5.74, 6) is -0.798. The lowest BCUT2D eigenvalue weighted by Crippen LogP contribution is -2.61. The van der Waals surface area contributed by atoms with Gasteiger partial charge in [0.2, 0.25) is 0 Å². The molecule has 6 rings (SSSR count). The van der Waals surface area contributed by atoms with Crippen LogP contribution >= 0.6 is 11.6 Å². The van der Waals surface area contributed by atoms with Crippen LogP contribution in [0.15, 0.2) is 41.9 Å². The number of halogens is 2. The second-order valence-electron chi connectivity index (χ2n) is 8.84. The molecular formula is C23H22ClFN4O4. The number of hydrogen-bond acceptors (Lipinski definition) is 6. The van der Waals surface area contributed by atoms with Crippen LogP contribution in [0.5, 0.6) is 5.75 Å². The van der Waals surface area contributed by atoms with Crippen LogP contribution in [-0.2, 0) is 4.79 Å². The van der Waals surface area contributed by atoms with E-state index in [0.717, 1.165) is 30.2 Å². The summed E-state index contributed by atoms with van der Waals surface area (Å²) in [5, 5.41) is 16.2. The Hall–Kier alpha value is -3.04. The van der Waals surface area contributed by atoms with Gasteiger partial charge in [-0.1, -0.05) is 11.6 Å². The number of amides is 2. The van der Waals surface area contributed by atoms with Crippen LogP contribution in [-0.4, -0.2) is 45.1 Å². The fourth-order valence-corrected chi connectivity index (χ4v) is 4.49. The highest BCUT2D eigenvalue weighted by Gasteiger charge is 2.50. The van der Waals surface area contributed by atoms with Gasteiger partial charge in [0.05, 0.1) is 28.6 Å². The van der Waals surface area contributed by atoms with Crippen LogP contribution in [0.3, 0.4) is 0 Å². The highest BCUT2D eigenvalue weighted by Crippen LogP contribution is 2.48. The molecule has 2 aromatic rings. The summed E-state index contributed by atoms with van der Waals surface area (Å²) in [6.45, 7) is -0.345. The Labute approximate surface area is 194 Å². The largest absolute Gasteiger partial charge is 0.484 e. The normalized spacial score (nSPS) is 23.5. The number of hydrogen-bond donors (Lipinski definition) is 3. The number of benzene rings is 1. The Balaban J connectivity index is 1.16. The summed E-state index contributed by atoms with van der Waals surface area (Å²) in [4.78, 5) is 33.5. The molecule has 1 aromatic heterocycles. The third-order valence-electron chi connectivity index (χ3n) is 6.22. The summed E-state index contributed by atoms with van der Waals surface area (Å²) in [6.07, 6.45) is 5.77. The number of aliphatic hydroxyl groups excluding tert-OH is 1. The average Bonchev–Trinajstić information content (AvgIpc) is 3.61. The highest BCUT2D eigenvalue weighted by molar-refractivity contribution is 6.30. The number of nitrogens with one attached hydrogen (secondary N) is 2. The molecule has 0 unspecified atom stereocenters. The van der Waals surface area contributed by atoms with Gasteiger partial charge in [-0.15, -0.1) is 0 Å². The van der Waals surface area contributed by atoms with Gasteiger partial charge in [-0.3, -0.25) is 14.6 Å². The smallest absolute Gasteiger partial charge is 0.271 e. The molecule has 2 bridgehead atoms. The Morgan fingerprint density at radius 1 is 1.24 bits per heavy atom. The monoisotopic (exact) mass is 472 g/mol. The van der Waals surface area contributed by atoms with Crippen molar-refractivity contribution in [2.75, 3.05) is 6.61 Å². The number of carbonyl (C=O) groups excluding carboxylic acids is 2. The molecule has 4 aliphatic carbocycles. The van der Waals surface area contributed by atoms with E-state index in [1.807, 2.05) is 0 Å². The lowest BCUT2D eigenvalue weighted by Gasteiger charge is -2.51. The van der Waals surface area contributed by atoms with Crippen LogP contribution in [0, 0.1) is 5.82 Å². The van der Waals surface area contributed by atoms with Crippen molar-refractivity contribution in [3.05, 3.63) is 64.1 Å². The van der Waals surface area contributed by atoms with Crippen LogP contribution in [0.1, 0.15) is 54.2 Å². The SMILES string of the molecule is O=C(COc1ccc(Cl)c(F)c1)NC1=C2CC(NC(=O)c3cnc(C4CC4)cn3)(C2)C[C@@H]1O. The number of carbonyl (C=O) groups is 2. The van der Waals surface area contributed by atoms with E-state index in [1.54, 1.807) is 6.20 Å². The minimum Gasteiger partial charge on any atom is -0.484 e. The van der Waals surface area contributed by atoms with Crippen molar-refractivity contribution in [1.82, 2.24) is 20.6 Å². The summed E-state index contributed by atoms with van der Waals surface area (Å²) < 4.78 is 18.8. The second kappa shape index (κ2) is 8.39. The van der Waals surface area contributed by atoms with Gasteiger partial charge < -0.3 is 20.5 Å². The van der Waals surface area contributed by atoms with Crippen molar-refractivity contribution in [1.29, 1.82) is 0 Å². The van der Waals surface area contributed by atoms with E-state index < -0.39 is 23.4 Å². The third kappa shape index (κ3) is 4.56. The van der Waals surface area contributed by atoms with Crippen molar-refractivity contribution in [3.8, 4) is 5.75 Å². The first kappa shape index (κ1) is 21.8. The van der Waals surface area contributed by atoms with E-state index in [4.69, 9.17) is 16.3 Å². The third-order valence-corrected chi connectivity index (χ3v) is 6.52. The van der Waals surface area contributed by atoms with Gasteiger partial charge in [0.25, 0.3) is 11.8 Å².